The molecule has 0 amide bonds. The van der Waals surface area contributed by atoms with Crippen molar-refractivity contribution >= 4 is 0 Å². The molecular formula is C19H23F2N3O2. The third-order valence-electron chi connectivity index (χ3n) is 4.59. The van der Waals surface area contributed by atoms with E-state index in [2.05, 4.69) is 9.97 Å². The van der Waals surface area contributed by atoms with E-state index in [0.717, 1.165) is 0 Å². The van der Waals surface area contributed by atoms with Crippen LogP contribution in [0.15, 0.2) is 16.9 Å². The maximum atomic E-state index is 14.2. The molecule has 1 N–H and O–H groups in total. The number of hydrogen-bond acceptors (Lipinski definition) is 4. The van der Waals surface area contributed by atoms with E-state index >= 15 is 0 Å². The predicted octanol–water partition coefficient (Wildman–Crippen LogP) is 2.91. The summed E-state index contributed by atoms with van der Waals surface area (Å²) in [7, 11) is 1.37. The summed E-state index contributed by atoms with van der Waals surface area (Å²) in [4.78, 5) is 21.7. The Morgan fingerprint density at radius 3 is 2.50 bits per heavy atom. The van der Waals surface area contributed by atoms with Crippen molar-refractivity contribution in [2.75, 3.05) is 13.7 Å². The number of aromatic amines is 1. The normalized spacial score (nSPS) is 15.0. The SMILES string of the molecule is COc1cc(F)c(CN2CCc3c(nc(C(C)(C)C)[nH]c3=O)C2)c(F)c1. The van der Waals surface area contributed by atoms with E-state index in [0.29, 0.717) is 36.6 Å². The molecule has 26 heavy (non-hydrogen) atoms. The van der Waals surface area contributed by atoms with Crippen LogP contribution in [-0.2, 0) is 24.9 Å². The van der Waals surface area contributed by atoms with Crippen molar-refractivity contribution in [3.63, 3.8) is 0 Å². The first-order valence-electron chi connectivity index (χ1n) is 8.56. The van der Waals surface area contributed by atoms with Crippen molar-refractivity contribution in [1.82, 2.24) is 14.9 Å². The van der Waals surface area contributed by atoms with Crippen molar-refractivity contribution in [1.29, 1.82) is 0 Å². The van der Waals surface area contributed by atoms with Gasteiger partial charge in [0.2, 0.25) is 0 Å². The fourth-order valence-electron chi connectivity index (χ4n) is 3.06. The number of hydrogen-bond donors (Lipinski definition) is 1. The van der Waals surface area contributed by atoms with Crippen LogP contribution in [0.5, 0.6) is 5.75 Å². The van der Waals surface area contributed by atoms with E-state index < -0.39 is 11.6 Å². The lowest BCUT2D eigenvalue weighted by molar-refractivity contribution is 0.232. The molecule has 0 saturated heterocycles. The zero-order valence-corrected chi connectivity index (χ0v) is 15.4. The lowest BCUT2D eigenvalue weighted by atomic mass is 9.95. The smallest absolute Gasteiger partial charge is 0.254 e. The van der Waals surface area contributed by atoms with E-state index in [4.69, 9.17) is 4.74 Å². The van der Waals surface area contributed by atoms with Gasteiger partial charge in [-0.25, -0.2) is 13.8 Å². The van der Waals surface area contributed by atoms with Gasteiger partial charge in [0.15, 0.2) is 0 Å². The van der Waals surface area contributed by atoms with Gasteiger partial charge in [-0.05, 0) is 6.42 Å². The van der Waals surface area contributed by atoms with Crippen LogP contribution in [0.2, 0.25) is 0 Å². The minimum atomic E-state index is -0.637. The molecule has 0 bridgehead atoms. The minimum Gasteiger partial charge on any atom is -0.497 e. The molecule has 0 atom stereocenters. The Morgan fingerprint density at radius 1 is 1.27 bits per heavy atom. The molecule has 0 spiro atoms. The van der Waals surface area contributed by atoms with Gasteiger partial charge in [0.05, 0.1) is 12.8 Å². The predicted molar refractivity (Wildman–Crippen MR) is 94.3 cm³/mol. The first-order chi connectivity index (χ1) is 12.2. The standard InChI is InChI=1S/C19H23F2N3O2/c1-19(2,3)18-22-16-10-24(6-5-12(16)17(25)23-18)9-13-14(20)7-11(26-4)8-15(13)21/h7-8H,5-6,9-10H2,1-4H3,(H,22,23,25). The molecule has 0 unspecified atom stereocenters. The molecule has 140 valence electrons. The van der Waals surface area contributed by atoms with Crippen molar-refractivity contribution < 1.29 is 13.5 Å². The number of halogens is 2. The van der Waals surface area contributed by atoms with E-state index in [9.17, 15) is 13.6 Å². The average molecular weight is 363 g/mol. The summed E-state index contributed by atoms with van der Waals surface area (Å²) in [6, 6.07) is 2.36. The Kier molecular flexibility index (Phi) is 4.84. The van der Waals surface area contributed by atoms with Crippen LogP contribution < -0.4 is 10.3 Å². The highest BCUT2D eigenvalue weighted by Crippen LogP contribution is 2.25. The maximum absolute atomic E-state index is 14.2. The molecule has 5 nitrogen and oxygen atoms in total. The van der Waals surface area contributed by atoms with Crippen molar-refractivity contribution in [2.24, 2.45) is 0 Å². The largest absolute Gasteiger partial charge is 0.497 e. The van der Waals surface area contributed by atoms with Gasteiger partial charge in [0, 0.05) is 48.3 Å². The highest BCUT2D eigenvalue weighted by atomic mass is 19.1. The summed E-state index contributed by atoms with van der Waals surface area (Å²) in [6.45, 7) is 6.95. The molecule has 1 aromatic carbocycles. The van der Waals surface area contributed by atoms with Crippen LogP contribution in [0.4, 0.5) is 8.78 Å². The number of aromatic nitrogens is 2. The van der Waals surface area contributed by atoms with Gasteiger partial charge in [-0.2, -0.15) is 0 Å². The number of methoxy groups -OCH3 is 1. The van der Waals surface area contributed by atoms with Gasteiger partial charge in [-0.1, -0.05) is 20.8 Å². The highest BCUT2D eigenvalue weighted by Gasteiger charge is 2.26. The molecule has 3 rings (SSSR count). The zero-order chi connectivity index (χ0) is 19.1. The molecular weight excluding hydrogens is 340 g/mol. The number of fused-ring (bicyclic) bond motifs is 1. The maximum Gasteiger partial charge on any atom is 0.254 e. The fourth-order valence-corrected chi connectivity index (χ4v) is 3.06. The van der Waals surface area contributed by atoms with Gasteiger partial charge in [0.25, 0.3) is 5.56 Å². The van der Waals surface area contributed by atoms with Crippen molar-refractivity contribution in [3.8, 4) is 5.75 Å². The molecule has 7 heteroatoms. The monoisotopic (exact) mass is 363 g/mol. The van der Waals surface area contributed by atoms with E-state index in [-0.39, 0.29) is 28.8 Å². The molecule has 0 fully saturated rings. The van der Waals surface area contributed by atoms with Crippen molar-refractivity contribution in [3.05, 3.63) is 56.8 Å². The fraction of sp³-hybridized carbons (Fsp3) is 0.474. The van der Waals surface area contributed by atoms with Gasteiger partial charge in [0.1, 0.15) is 23.2 Å². The summed E-state index contributed by atoms with van der Waals surface area (Å²) in [5.41, 5.74) is 0.922. The number of rotatable bonds is 3. The second kappa shape index (κ2) is 6.79. The number of nitrogens with zero attached hydrogens (tertiary/aromatic N) is 2. The first kappa shape index (κ1) is 18.5. The summed E-state index contributed by atoms with van der Waals surface area (Å²) in [5, 5.41) is 0. The second-order valence-corrected chi connectivity index (χ2v) is 7.62. The highest BCUT2D eigenvalue weighted by molar-refractivity contribution is 5.31. The van der Waals surface area contributed by atoms with E-state index in [1.165, 1.54) is 19.2 Å². The van der Waals surface area contributed by atoms with Crippen molar-refractivity contribution in [2.45, 2.75) is 45.7 Å². The quantitative estimate of drug-likeness (QED) is 0.911. The molecule has 0 saturated carbocycles. The van der Waals surface area contributed by atoms with E-state index in [1.807, 2.05) is 25.7 Å². The summed E-state index contributed by atoms with van der Waals surface area (Å²) in [6.07, 6.45) is 0.501. The summed E-state index contributed by atoms with van der Waals surface area (Å²) >= 11 is 0. The van der Waals surface area contributed by atoms with E-state index in [1.54, 1.807) is 0 Å². The van der Waals surface area contributed by atoms with Gasteiger partial charge >= 0.3 is 0 Å². The first-order valence-corrected chi connectivity index (χ1v) is 8.56. The molecule has 2 aromatic rings. The summed E-state index contributed by atoms with van der Waals surface area (Å²) in [5.74, 6) is -0.510. The van der Waals surface area contributed by atoms with Crippen LogP contribution in [0.1, 0.15) is 43.4 Å². The zero-order valence-electron chi connectivity index (χ0n) is 15.4. The Hall–Kier alpha value is -2.28. The Bertz CT molecular complexity index is 864. The molecule has 0 aliphatic carbocycles. The molecule has 0 radical (unpaired) electrons. The molecule has 1 aliphatic rings. The van der Waals surface area contributed by atoms with Crippen LogP contribution in [0.25, 0.3) is 0 Å². The lowest BCUT2D eigenvalue weighted by Crippen LogP contribution is -2.37. The van der Waals surface area contributed by atoms with Crippen LogP contribution in [0, 0.1) is 11.6 Å². The number of benzene rings is 1. The number of H-pyrrole nitrogens is 1. The third-order valence-corrected chi connectivity index (χ3v) is 4.59. The van der Waals surface area contributed by atoms with Gasteiger partial charge < -0.3 is 9.72 Å². The van der Waals surface area contributed by atoms with Crippen LogP contribution >= 0.6 is 0 Å². The summed E-state index contributed by atoms with van der Waals surface area (Å²) < 4.78 is 33.3. The van der Waals surface area contributed by atoms with Gasteiger partial charge in [-0.15, -0.1) is 0 Å². The molecule has 2 heterocycles. The molecule has 1 aromatic heterocycles. The Balaban J connectivity index is 1.87. The Morgan fingerprint density at radius 2 is 1.92 bits per heavy atom. The topological polar surface area (TPSA) is 58.2 Å². The lowest BCUT2D eigenvalue weighted by Gasteiger charge is -2.29. The average Bonchev–Trinajstić information content (AvgIpc) is 2.56. The Labute approximate surface area is 151 Å². The van der Waals surface area contributed by atoms with Crippen LogP contribution in [0.3, 0.4) is 0 Å². The molecule has 1 aliphatic heterocycles. The second-order valence-electron chi connectivity index (χ2n) is 7.62. The number of nitrogens with one attached hydrogen (secondary N) is 1. The van der Waals surface area contributed by atoms with Crippen LogP contribution in [-0.4, -0.2) is 28.5 Å². The number of ether oxygens (including phenoxy) is 1. The minimum absolute atomic E-state index is 0.00450. The third kappa shape index (κ3) is 3.62. The van der Waals surface area contributed by atoms with Gasteiger partial charge in [-0.3, -0.25) is 9.69 Å².